The fraction of sp³-hybridized carbons (Fsp3) is 0.263. The number of benzene rings is 2. The van der Waals surface area contributed by atoms with E-state index in [0.717, 1.165) is 12.8 Å². The fourth-order valence-corrected chi connectivity index (χ4v) is 2.55. The van der Waals surface area contributed by atoms with Gasteiger partial charge in [-0.15, -0.1) is 0 Å². The Bertz CT molecular complexity index is 469. The Hall–Kier alpha value is -1.82. The van der Waals surface area contributed by atoms with E-state index >= 15 is 0 Å². The molecule has 0 aliphatic rings. The van der Waals surface area contributed by atoms with E-state index < -0.39 is 0 Å². The Labute approximate surface area is 116 Å². The average Bonchev–Trinajstić information content (AvgIpc) is 2.47. The standard InChI is InChI=1S/C19H22/c1-3-10-16(2)15-19(17-11-6-4-7-12-17)18-13-8-5-9-14-18/h4-14,19H,3,15H2,1-2H3. The van der Waals surface area contributed by atoms with E-state index in [1.54, 1.807) is 0 Å². The maximum absolute atomic E-state index is 2.33. The van der Waals surface area contributed by atoms with Crippen LogP contribution in [-0.2, 0) is 0 Å². The SMILES string of the molecule is CCC=C(C)CC(c1ccccc1)c1ccccc1. The van der Waals surface area contributed by atoms with Gasteiger partial charge in [0.2, 0.25) is 0 Å². The van der Waals surface area contributed by atoms with Gasteiger partial charge in [-0.3, -0.25) is 0 Å². The minimum atomic E-state index is 0.463. The molecule has 0 N–H and O–H groups in total. The molecule has 0 nitrogen and oxygen atoms in total. The molecular weight excluding hydrogens is 228 g/mol. The van der Waals surface area contributed by atoms with Gasteiger partial charge in [0.05, 0.1) is 0 Å². The number of hydrogen-bond acceptors (Lipinski definition) is 0. The first-order valence-corrected chi connectivity index (χ1v) is 7.06. The van der Waals surface area contributed by atoms with Gasteiger partial charge in [-0.2, -0.15) is 0 Å². The van der Waals surface area contributed by atoms with E-state index in [0.29, 0.717) is 5.92 Å². The third kappa shape index (κ3) is 3.82. The van der Waals surface area contributed by atoms with Gasteiger partial charge in [0.1, 0.15) is 0 Å². The van der Waals surface area contributed by atoms with Crippen LogP contribution in [0.3, 0.4) is 0 Å². The number of rotatable bonds is 5. The molecule has 0 aromatic heterocycles. The topological polar surface area (TPSA) is 0 Å². The summed E-state index contributed by atoms with van der Waals surface area (Å²) in [4.78, 5) is 0. The van der Waals surface area contributed by atoms with Gasteiger partial charge in [0.15, 0.2) is 0 Å². The Morgan fingerprint density at radius 3 is 1.79 bits per heavy atom. The molecule has 0 heterocycles. The third-order valence-corrected chi connectivity index (χ3v) is 3.48. The summed E-state index contributed by atoms with van der Waals surface area (Å²) in [5.41, 5.74) is 4.27. The summed E-state index contributed by atoms with van der Waals surface area (Å²) < 4.78 is 0. The van der Waals surface area contributed by atoms with Gasteiger partial charge in [-0.25, -0.2) is 0 Å². The van der Waals surface area contributed by atoms with Crippen LogP contribution in [-0.4, -0.2) is 0 Å². The average molecular weight is 250 g/mol. The van der Waals surface area contributed by atoms with Crippen molar-refractivity contribution >= 4 is 0 Å². The van der Waals surface area contributed by atoms with Crippen LogP contribution in [0.1, 0.15) is 43.7 Å². The molecule has 0 aliphatic heterocycles. The summed E-state index contributed by atoms with van der Waals surface area (Å²) in [6.07, 6.45) is 4.54. The highest BCUT2D eigenvalue weighted by atomic mass is 14.2. The van der Waals surface area contributed by atoms with Crippen molar-refractivity contribution in [2.45, 2.75) is 32.6 Å². The first kappa shape index (κ1) is 13.6. The van der Waals surface area contributed by atoms with Crippen LogP contribution in [0.5, 0.6) is 0 Å². The monoisotopic (exact) mass is 250 g/mol. The molecular formula is C19H22. The molecule has 98 valence electrons. The van der Waals surface area contributed by atoms with Gasteiger partial charge in [0.25, 0.3) is 0 Å². The molecule has 2 rings (SSSR count). The lowest BCUT2D eigenvalue weighted by Gasteiger charge is -2.18. The van der Waals surface area contributed by atoms with Crippen molar-refractivity contribution in [3.63, 3.8) is 0 Å². The quantitative estimate of drug-likeness (QED) is 0.609. The minimum Gasteiger partial charge on any atom is -0.0859 e. The first-order chi connectivity index (χ1) is 9.31. The first-order valence-electron chi connectivity index (χ1n) is 7.06. The largest absolute Gasteiger partial charge is 0.0859 e. The summed E-state index contributed by atoms with van der Waals surface area (Å²) in [6, 6.07) is 21.6. The second kappa shape index (κ2) is 6.94. The van der Waals surface area contributed by atoms with Crippen LogP contribution >= 0.6 is 0 Å². The molecule has 2 aromatic carbocycles. The summed E-state index contributed by atoms with van der Waals surface area (Å²) in [5.74, 6) is 0.463. The van der Waals surface area contributed by atoms with E-state index in [9.17, 15) is 0 Å². The lowest BCUT2D eigenvalue weighted by atomic mass is 9.86. The molecule has 2 aromatic rings. The Kier molecular flexibility index (Phi) is 4.97. The molecule has 19 heavy (non-hydrogen) atoms. The molecule has 0 saturated heterocycles. The Morgan fingerprint density at radius 2 is 1.37 bits per heavy atom. The van der Waals surface area contributed by atoms with E-state index in [-0.39, 0.29) is 0 Å². The number of allylic oxidation sites excluding steroid dienone is 2. The molecule has 0 atom stereocenters. The van der Waals surface area contributed by atoms with Crippen LogP contribution in [0, 0.1) is 0 Å². The second-order valence-electron chi connectivity index (χ2n) is 5.04. The minimum absolute atomic E-state index is 0.463. The lowest BCUT2D eigenvalue weighted by Crippen LogP contribution is -2.01. The normalized spacial score (nSPS) is 11.8. The molecule has 0 saturated carbocycles. The smallest absolute Gasteiger partial charge is 0.0126 e. The molecule has 0 spiro atoms. The molecule has 0 unspecified atom stereocenters. The van der Waals surface area contributed by atoms with Crippen LogP contribution < -0.4 is 0 Å². The van der Waals surface area contributed by atoms with Crippen molar-refractivity contribution < 1.29 is 0 Å². The van der Waals surface area contributed by atoms with Crippen molar-refractivity contribution in [3.8, 4) is 0 Å². The molecule has 0 bridgehead atoms. The number of hydrogen-bond donors (Lipinski definition) is 0. The maximum atomic E-state index is 2.33. The summed E-state index contributed by atoms with van der Waals surface area (Å²) in [6.45, 7) is 4.44. The predicted octanol–water partition coefficient (Wildman–Crippen LogP) is 5.56. The highest BCUT2D eigenvalue weighted by Crippen LogP contribution is 2.30. The van der Waals surface area contributed by atoms with Gasteiger partial charge in [0, 0.05) is 5.92 Å². The van der Waals surface area contributed by atoms with Gasteiger partial charge < -0.3 is 0 Å². The van der Waals surface area contributed by atoms with Gasteiger partial charge in [-0.05, 0) is 30.9 Å². The zero-order valence-corrected chi connectivity index (χ0v) is 11.8. The maximum Gasteiger partial charge on any atom is 0.0126 e. The van der Waals surface area contributed by atoms with Crippen LogP contribution in [0.2, 0.25) is 0 Å². The highest BCUT2D eigenvalue weighted by Gasteiger charge is 2.13. The molecule has 0 aliphatic carbocycles. The molecule has 0 radical (unpaired) electrons. The Balaban J connectivity index is 2.32. The predicted molar refractivity (Wildman–Crippen MR) is 83.4 cm³/mol. The van der Waals surface area contributed by atoms with Crippen LogP contribution in [0.25, 0.3) is 0 Å². The second-order valence-corrected chi connectivity index (χ2v) is 5.04. The Morgan fingerprint density at radius 1 is 0.895 bits per heavy atom. The third-order valence-electron chi connectivity index (χ3n) is 3.48. The van der Waals surface area contributed by atoms with Gasteiger partial charge >= 0.3 is 0 Å². The molecule has 0 fully saturated rings. The van der Waals surface area contributed by atoms with Crippen LogP contribution in [0.4, 0.5) is 0 Å². The molecule has 0 amide bonds. The van der Waals surface area contributed by atoms with E-state index in [1.807, 2.05) is 0 Å². The van der Waals surface area contributed by atoms with Crippen molar-refractivity contribution in [1.82, 2.24) is 0 Å². The summed E-state index contributed by atoms with van der Waals surface area (Å²) >= 11 is 0. The van der Waals surface area contributed by atoms with Gasteiger partial charge in [-0.1, -0.05) is 79.2 Å². The lowest BCUT2D eigenvalue weighted by molar-refractivity contribution is 0.791. The van der Waals surface area contributed by atoms with Crippen molar-refractivity contribution in [2.75, 3.05) is 0 Å². The highest BCUT2D eigenvalue weighted by molar-refractivity contribution is 5.33. The summed E-state index contributed by atoms with van der Waals surface area (Å²) in [5, 5.41) is 0. The van der Waals surface area contributed by atoms with Crippen molar-refractivity contribution in [1.29, 1.82) is 0 Å². The summed E-state index contributed by atoms with van der Waals surface area (Å²) in [7, 11) is 0. The van der Waals surface area contributed by atoms with Crippen molar-refractivity contribution in [2.24, 2.45) is 0 Å². The zero-order valence-electron chi connectivity index (χ0n) is 11.8. The van der Waals surface area contributed by atoms with E-state index in [4.69, 9.17) is 0 Å². The van der Waals surface area contributed by atoms with E-state index in [1.165, 1.54) is 16.7 Å². The fourth-order valence-electron chi connectivity index (χ4n) is 2.55. The van der Waals surface area contributed by atoms with Crippen LogP contribution in [0.15, 0.2) is 72.3 Å². The molecule has 0 heteroatoms. The van der Waals surface area contributed by atoms with Crippen molar-refractivity contribution in [3.05, 3.63) is 83.4 Å². The van der Waals surface area contributed by atoms with E-state index in [2.05, 4.69) is 80.6 Å². The zero-order chi connectivity index (χ0) is 13.5.